The molecule has 0 aromatic heterocycles. The number of carbonyl (C=O) groups is 2. The zero-order valence-corrected chi connectivity index (χ0v) is 17.4. The standard InChI is InChI=1S/C25H25NO5/c1-18(27)31-26-22-14-6-11-19(16-22)10-5-12-21-13-7-15-23(25(28)29)24(21)30-17-20-8-3-2-4-9-20/h2-4,6-9,11,13-15H,5,10,12,16-17H2,1H3,(H,28,29). The zero-order valence-electron chi connectivity index (χ0n) is 17.4. The normalized spacial score (nSPS) is 14.2. The number of benzene rings is 2. The third kappa shape index (κ3) is 6.67. The van der Waals surface area contributed by atoms with Gasteiger partial charge in [0.15, 0.2) is 0 Å². The minimum atomic E-state index is -1.00. The number of aromatic carboxylic acids is 1. The Labute approximate surface area is 181 Å². The Balaban J connectivity index is 1.64. The second kappa shape index (κ2) is 10.9. The first-order valence-electron chi connectivity index (χ1n) is 10.2. The first kappa shape index (κ1) is 22.0. The van der Waals surface area contributed by atoms with E-state index in [1.165, 1.54) is 12.5 Å². The number of carboxylic acid groups (broad SMARTS) is 1. The highest BCUT2D eigenvalue weighted by atomic mass is 16.7. The lowest BCUT2D eigenvalue weighted by molar-refractivity contribution is -0.140. The predicted octanol–water partition coefficient (Wildman–Crippen LogP) is 5.09. The van der Waals surface area contributed by atoms with Crippen LogP contribution in [0.2, 0.25) is 0 Å². The summed E-state index contributed by atoms with van der Waals surface area (Å²) in [6.07, 6.45) is 8.69. The van der Waals surface area contributed by atoms with E-state index < -0.39 is 11.9 Å². The van der Waals surface area contributed by atoms with Gasteiger partial charge in [-0.2, -0.15) is 0 Å². The molecule has 1 aliphatic carbocycles. The Bertz CT molecular complexity index is 1020. The molecule has 0 aliphatic heterocycles. The van der Waals surface area contributed by atoms with Crippen LogP contribution in [0.15, 0.2) is 77.5 Å². The average molecular weight is 419 g/mol. The summed E-state index contributed by atoms with van der Waals surface area (Å²) in [5, 5.41) is 13.4. The van der Waals surface area contributed by atoms with Crippen LogP contribution in [0.4, 0.5) is 0 Å². The van der Waals surface area contributed by atoms with Crippen molar-refractivity contribution in [1.29, 1.82) is 0 Å². The fourth-order valence-corrected chi connectivity index (χ4v) is 3.36. The first-order valence-corrected chi connectivity index (χ1v) is 10.2. The molecule has 0 fully saturated rings. The summed E-state index contributed by atoms with van der Waals surface area (Å²) in [6.45, 7) is 1.63. The molecule has 0 bridgehead atoms. The Kier molecular flexibility index (Phi) is 7.76. The maximum absolute atomic E-state index is 11.7. The summed E-state index contributed by atoms with van der Waals surface area (Å²) in [7, 11) is 0. The molecule has 3 rings (SSSR count). The van der Waals surface area contributed by atoms with E-state index in [1.807, 2.05) is 54.6 Å². The molecule has 0 saturated carbocycles. The average Bonchev–Trinajstić information content (AvgIpc) is 2.77. The lowest BCUT2D eigenvalue weighted by Crippen LogP contribution is -2.07. The number of para-hydroxylation sites is 1. The molecule has 1 N–H and O–H groups in total. The van der Waals surface area contributed by atoms with Gasteiger partial charge in [0.25, 0.3) is 0 Å². The number of carbonyl (C=O) groups excluding carboxylic acids is 1. The maximum atomic E-state index is 11.7. The number of nitrogens with zero attached hydrogens (tertiary/aromatic N) is 1. The van der Waals surface area contributed by atoms with E-state index in [0.717, 1.165) is 24.0 Å². The van der Waals surface area contributed by atoms with E-state index in [-0.39, 0.29) is 5.56 Å². The smallest absolute Gasteiger partial charge is 0.339 e. The number of allylic oxidation sites excluding steroid dienone is 4. The van der Waals surface area contributed by atoms with Gasteiger partial charge < -0.3 is 14.7 Å². The molecule has 2 aromatic rings. The third-order valence-electron chi connectivity index (χ3n) is 4.82. The zero-order chi connectivity index (χ0) is 22.1. The molecule has 0 spiro atoms. The molecular formula is C25H25NO5. The van der Waals surface area contributed by atoms with Crippen LogP contribution in [0.5, 0.6) is 5.75 Å². The second-order valence-electron chi connectivity index (χ2n) is 7.25. The highest BCUT2D eigenvalue weighted by Gasteiger charge is 2.16. The molecular weight excluding hydrogens is 394 g/mol. The topological polar surface area (TPSA) is 85.2 Å². The van der Waals surface area contributed by atoms with Gasteiger partial charge in [0.2, 0.25) is 0 Å². The molecule has 0 heterocycles. The van der Waals surface area contributed by atoms with Gasteiger partial charge in [0.05, 0.1) is 5.71 Å². The van der Waals surface area contributed by atoms with Crippen LogP contribution in [0, 0.1) is 0 Å². The van der Waals surface area contributed by atoms with Gasteiger partial charge in [-0.1, -0.05) is 65.3 Å². The van der Waals surface area contributed by atoms with Crippen molar-refractivity contribution in [1.82, 2.24) is 0 Å². The fourth-order valence-electron chi connectivity index (χ4n) is 3.36. The summed E-state index contributed by atoms with van der Waals surface area (Å²) in [4.78, 5) is 27.3. The van der Waals surface area contributed by atoms with Crippen molar-refractivity contribution < 1.29 is 24.3 Å². The van der Waals surface area contributed by atoms with E-state index in [0.29, 0.717) is 30.9 Å². The molecule has 6 nitrogen and oxygen atoms in total. The molecule has 160 valence electrons. The fraction of sp³-hybridized carbons (Fsp3) is 0.240. The Morgan fingerprint density at radius 3 is 2.61 bits per heavy atom. The number of aryl methyl sites for hydroxylation is 1. The van der Waals surface area contributed by atoms with Crippen LogP contribution < -0.4 is 4.74 Å². The van der Waals surface area contributed by atoms with Crippen molar-refractivity contribution in [2.24, 2.45) is 5.16 Å². The van der Waals surface area contributed by atoms with Crippen molar-refractivity contribution in [3.05, 3.63) is 89.0 Å². The van der Waals surface area contributed by atoms with Gasteiger partial charge in [-0.3, -0.25) is 0 Å². The Hall–Kier alpha value is -3.67. The number of oxime groups is 1. The minimum Gasteiger partial charge on any atom is -0.488 e. The van der Waals surface area contributed by atoms with E-state index in [9.17, 15) is 14.7 Å². The van der Waals surface area contributed by atoms with Gasteiger partial charge in [-0.25, -0.2) is 9.59 Å². The number of ether oxygens (including phenoxy) is 1. The number of hydrogen-bond donors (Lipinski definition) is 1. The van der Waals surface area contributed by atoms with Crippen LogP contribution in [-0.2, 0) is 22.7 Å². The van der Waals surface area contributed by atoms with Crippen molar-refractivity contribution >= 4 is 17.7 Å². The first-order chi connectivity index (χ1) is 15.0. The Morgan fingerprint density at radius 2 is 1.87 bits per heavy atom. The molecule has 0 saturated heterocycles. The molecule has 2 aromatic carbocycles. The van der Waals surface area contributed by atoms with E-state index >= 15 is 0 Å². The van der Waals surface area contributed by atoms with Crippen LogP contribution in [0.1, 0.15) is 47.7 Å². The van der Waals surface area contributed by atoms with Crippen molar-refractivity contribution in [2.45, 2.75) is 39.2 Å². The van der Waals surface area contributed by atoms with Gasteiger partial charge in [0, 0.05) is 13.3 Å². The number of carboxylic acids is 1. The third-order valence-corrected chi connectivity index (χ3v) is 4.82. The predicted molar refractivity (Wildman–Crippen MR) is 118 cm³/mol. The summed E-state index contributed by atoms with van der Waals surface area (Å²) in [6, 6.07) is 14.9. The monoisotopic (exact) mass is 419 g/mol. The van der Waals surface area contributed by atoms with Gasteiger partial charge in [-0.15, -0.1) is 0 Å². The number of rotatable bonds is 9. The summed E-state index contributed by atoms with van der Waals surface area (Å²) in [5.74, 6) is -1.02. The second-order valence-corrected chi connectivity index (χ2v) is 7.25. The molecule has 1 aliphatic rings. The molecule has 0 atom stereocenters. The van der Waals surface area contributed by atoms with Crippen LogP contribution in [0.3, 0.4) is 0 Å². The highest BCUT2D eigenvalue weighted by molar-refractivity contribution is 5.97. The molecule has 0 unspecified atom stereocenters. The van der Waals surface area contributed by atoms with E-state index in [1.54, 1.807) is 12.1 Å². The highest BCUT2D eigenvalue weighted by Crippen LogP contribution is 2.28. The lowest BCUT2D eigenvalue weighted by atomic mass is 9.96. The minimum absolute atomic E-state index is 0.170. The van der Waals surface area contributed by atoms with Gasteiger partial charge >= 0.3 is 11.9 Å². The largest absolute Gasteiger partial charge is 0.488 e. The maximum Gasteiger partial charge on any atom is 0.339 e. The summed E-state index contributed by atoms with van der Waals surface area (Å²) >= 11 is 0. The summed E-state index contributed by atoms with van der Waals surface area (Å²) in [5.41, 5.74) is 3.90. The van der Waals surface area contributed by atoms with Gasteiger partial charge in [-0.05, 0) is 42.5 Å². The Morgan fingerprint density at radius 1 is 1.06 bits per heavy atom. The van der Waals surface area contributed by atoms with Crippen molar-refractivity contribution in [3.63, 3.8) is 0 Å². The molecule has 6 heteroatoms. The van der Waals surface area contributed by atoms with E-state index in [2.05, 4.69) is 5.16 Å². The van der Waals surface area contributed by atoms with Gasteiger partial charge in [0.1, 0.15) is 17.9 Å². The molecule has 31 heavy (non-hydrogen) atoms. The van der Waals surface area contributed by atoms with Crippen molar-refractivity contribution in [3.8, 4) is 5.75 Å². The number of hydrogen-bond acceptors (Lipinski definition) is 5. The van der Waals surface area contributed by atoms with Crippen LogP contribution >= 0.6 is 0 Å². The molecule has 0 amide bonds. The van der Waals surface area contributed by atoms with Crippen molar-refractivity contribution in [2.75, 3.05) is 0 Å². The lowest BCUT2D eigenvalue weighted by Gasteiger charge is -2.15. The molecule has 0 radical (unpaired) electrons. The summed E-state index contributed by atoms with van der Waals surface area (Å²) < 4.78 is 5.96. The van der Waals surface area contributed by atoms with Crippen LogP contribution in [0.25, 0.3) is 0 Å². The van der Waals surface area contributed by atoms with E-state index in [4.69, 9.17) is 9.57 Å². The quantitative estimate of drug-likeness (QED) is 0.452. The van der Waals surface area contributed by atoms with Crippen LogP contribution in [-0.4, -0.2) is 22.8 Å². The SMILES string of the molecule is CC(=O)ON=C1C=CC=C(CCCc2cccc(C(=O)O)c2OCc2ccccc2)C1.